The number of hydrogen-bond acceptors (Lipinski definition) is 5. The molecule has 0 radical (unpaired) electrons. The number of fused-ring (bicyclic) bond motifs is 1. The topological polar surface area (TPSA) is 76.3 Å². The lowest BCUT2D eigenvalue weighted by atomic mass is 10.1. The molecule has 0 aliphatic heterocycles. The number of nitro benzene ring substituents is 1. The van der Waals surface area contributed by atoms with Crippen LogP contribution in [0, 0.1) is 16.0 Å². The Labute approximate surface area is 114 Å². The van der Waals surface area contributed by atoms with E-state index in [0.29, 0.717) is 5.39 Å². The summed E-state index contributed by atoms with van der Waals surface area (Å²) >= 11 is 1.59. The second-order valence-electron chi connectivity index (χ2n) is 4.36. The average Bonchev–Trinajstić information content (AvgIpc) is 2.43. The molecule has 1 atom stereocenters. The molecule has 1 aromatic heterocycles. The summed E-state index contributed by atoms with van der Waals surface area (Å²) in [6.45, 7) is 2.10. The number of aliphatic hydroxyl groups is 1. The zero-order valence-corrected chi connectivity index (χ0v) is 11.3. The number of thioether (sulfide) groups is 1. The summed E-state index contributed by atoms with van der Waals surface area (Å²) in [6.07, 6.45) is 3.15. The first kappa shape index (κ1) is 13.8. The Balaban J connectivity index is 2.41. The first-order valence-electron chi connectivity index (χ1n) is 5.88. The molecule has 5 nitrogen and oxygen atoms in total. The minimum atomic E-state index is -0.394. The SMILES string of the molecule is CC(CO)CSc1ccc([N+](=O)[O-])c2cnccc12. The van der Waals surface area contributed by atoms with Crippen molar-refractivity contribution in [2.75, 3.05) is 12.4 Å². The van der Waals surface area contributed by atoms with Gasteiger partial charge in [0.2, 0.25) is 0 Å². The quantitative estimate of drug-likeness (QED) is 0.517. The summed E-state index contributed by atoms with van der Waals surface area (Å²) in [5.74, 6) is 0.961. The number of benzene rings is 1. The van der Waals surface area contributed by atoms with Gasteiger partial charge in [-0.2, -0.15) is 0 Å². The summed E-state index contributed by atoms with van der Waals surface area (Å²) in [5.41, 5.74) is 0.0719. The van der Waals surface area contributed by atoms with Crippen LogP contribution in [0.2, 0.25) is 0 Å². The number of aromatic nitrogens is 1. The summed E-state index contributed by atoms with van der Waals surface area (Å²) in [4.78, 5) is 15.5. The van der Waals surface area contributed by atoms with Gasteiger partial charge >= 0.3 is 0 Å². The van der Waals surface area contributed by atoms with Crippen molar-refractivity contribution in [3.05, 3.63) is 40.7 Å². The maximum absolute atomic E-state index is 11.0. The molecule has 0 spiro atoms. The molecule has 100 valence electrons. The second-order valence-corrected chi connectivity index (χ2v) is 5.42. The van der Waals surface area contributed by atoms with Gasteiger partial charge in [-0.1, -0.05) is 6.92 Å². The summed E-state index contributed by atoms with van der Waals surface area (Å²) in [6, 6.07) is 5.06. The molecule has 6 heteroatoms. The third-order valence-corrected chi connectivity index (χ3v) is 4.19. The van der Waals surface area contributed by atoms with Crippen molar-refractivity contribution in [2.24, 2.45) is 5.92 Å². The van der Waals surface area contributed by atoms with Gasteiger partial charge in [-0.05, 0) is 18.1 Å². The zero-order chi connectivity index (χ0) is 13.8. The molecule has 0 saturated carbocycles. The highest BCUT2D eigenvalue weighted by atomic mass is 32.2. The Hall–Kier alpha value is -1.66. The Morgan fingerprint density at radius 3 is 2.89 bits per heavy atom. The highest BCUT2D eigenvalue weighted by Crippen LogP contribution is 2.33. The second kappa shape index (κ2) is 5.99. The van der Waals surface area contributed by atoms with E-state index in [9.17, 15) is 10.1 Å². The van der Waals surface area contributed by atoms with Crippen LogP contribution in [0.1, 0.15) is 6.92 Å². The van der Waals surface area contributed by atoms with Crippen molar-refractivity contribution in [3.63, 3.8) is 0 Å². The maximum Gasteiger partial charge on any atom is 0.278 e. The lowest BCUT2D eigenvalue weighted by Crippen LogP contribution is -2.03. The first-order chi connectivity index (χ1) is 9.13. The molecular weight excluding hydrogens is 264 g/mol. The van der Waals surface area contributed by atoms with E-state index in [4.69, 9.17) is 5.11 Å². The van der Waals surface area contributed by atoms with Crippen molar-refractivity contribution in [1.29, 1.82) is 0 Å². The van der Waals surface area contributed by atoms with Crippen LogP contribution < -0.4 is 0 Å². The van der Waals surface area contributed by atoms with E-state index < -0.39 is 4.92 Å². The highest BCUT2D eigenvalue weighted by Gasteiger charge is 2.14. The van der Waals surface area contributed by atoms with Gasteiger partial charge in [-0.15, -0.1) is 11.8 Å². The number of aliphatic hydroxyl groups excluding tert-OH is 1. The molecule has 0 aliphatic carbocycles. The van der Waals surface area contributed by atoms with Gasteiger partial charge in [0.1, 0.15) is 0 Å². The number of pyridine rings is 1. The molecule has 0 fully saturated rings. The Kier molecular flexibility index (Phi) is 4.34. The predicted octanol–water partition coefficient (Wildman–Crippen LogP) is 2.86. The minimum absolute atomic E-state index is 0.0719. The summed E-state index contributed by atoms with van der Waals surface area (Å²) in [5, 5.41) is 21.4. The highest BCUT2D eigenvalue weighted by molar-refractivity contribution is 7.99. The monoisotopic (exact) mass is 278 g/mol. The van der Waals surface area contributed by atoms with Crippen LogP contribution >= 0.6 is 11.8 Å². The van der Waals surface area contributed by atoms with Crippen LogP contribution in [0.5, 0.6) is 0 Å². The molecule has 1 aromatic carbocycles. The van der Waals surface area contributed by atoms with Crippen molar-refractivity contribution in [2.45, 2.75) is 11.8 Å². The molecule has 19 heavy (non-hydrogen) atoms. The van der Waals surface area contributed by atoms with E-state index in [1.807, 2.05) is 6.92 Å². The van der Waals surface area contributed by atoms with Crippen molar-refractivity contribution >= 4 is 28.2 Å². The van der Waals surface area contributed by atoms with Crippen LogP contribution in [-0.4, -0.2) is 27.4 Å². The molecule has 1 heterocycles. The van der Waals surface area contributed by atoms with Crippen LogP contribution in [0.3, 0.4) is 0 Å². The normalized spacial score (nSPS) is 12.5. The fraction of sp³-hybridized carbons (Fsp3) is 0.308. The Morgan fingerprint density at radius 1 is 1.42 bits per heavy atom. The van der Waals surface area contributed by atoms with E-state index in [2.05, 4.69) is 4.98 Å². The average molecular weight is 278 g/mol. The number of hydrogen-bond donors (Lipinski definition) is 1. The molecule has 1 unspecified atom stereocenters. The predicted molar refractivity (Wildman–Crippen MR) is 75.4 cm³/mol. The van der Waals surface area contributed by atoms with Gasteiger partial charge in [-0.25, -0.2) is 0 Å². The minimum Gasteiger partial charge on any atom is -0.396 e. The van der Waals surface area contributed by atoms with Gasteiger partial charge in [0, 0.05) is 41.1 Å². The lowest BCUT2D eigenvalue weighted by molar-refractivity contribution is -0.383. The maximum atomic E-state index is 11.0. The van der Waals surface area contributed by atoms with Crippen LogP contribution in [0.25, 0.3) is 10.8 Å². The molecule has 1 N–H and O–H groups in total. The summed E-state index contributed by atoms with van der Waals surface area (Å²) < 4.78 is 0. The lowest BCUT2D eigenvalue weighted by Gasteiger charge is -2.09. The first-order valence-corrected chi connectivity index (χ1v) is 6.86. The third-order valence-electron chi connectivity index (χ3n) is 2.79. The van der Waals surface area contributed by atoms with Crippen molar-refractivity contribution in [3.8, 4) is 0 Å². The molecule has 2 aromatic rings. The van der Waals surface area contributed by atoms with Gasteiger partial charge in [0.25, 0.3) is 5.69 Å². The van der Waals surface area contributed by atoms with Crippen LogP contribution in [0.4, 0.5) is 5.69 Å². The molecule has 0 saturated heterocycles. The van der Waals surface area contributed by atoms with Crippen LogP contribution in [0.15, 0.2) is 35.5 Å². The van der Waals surface area contributed by atoms with Gasteiger partial charge in [-0.3, -0.25) is 15.1 Å². The molecule has 0 aliphatic rings. The van der Waals surface area contributed by atoms with Gasteiger partial charge in [0.15, 0.2) is 0 Å². The number of nitrogens with zero attached hydrogens (tertiary/aromatic N) is 2. The van der Waals surface area contributed by atoms with Crippen molar-refractivity contribution < 1.29 is 10.0 Å². The Bertz CT molecular complexity index is 603. The van der Waals surface area contributed by atoms with E-state index in [0.717, 1.165) is 16.0 Å². The van der Waals surface area contributed by atoms with E-state index in [-0.39, 0.29) is 18.2 Å². The Morgan fingerprint density at radius 2 is 2.21 bits per heavy atom. The van der Waals surface area contributed by atoms with Gasteiger partial charge in [0.05, 0.1) is 10.3 Å². The van der Waals surface area contributed by atoms with E-state index >= 15 is 0 Å². The van der Waals surface area contributed by atoms with Crippen molar-refractivity contribution in [1.82, 2.24) is 4.98 Å². The van der Waals surface area contributed by atoms with E-state index in [1.165, 1.54) is 12.3 Å². The fourth-order valence-corrected chi connectivity index (χ4v) is 2.78. The smallest absolute Gasteiger partial charge is 0.278 e. The molecular formula is C13H14N2O3S. The van der Waals surface area contributed by atoms with Gasteiger partial charge < -0.3 is 5.11 Å². The molecule has 0 amide bonds. The number of rotatable bonds is 5. The fourth-order valence-electron chi connectivity index (χ4n) is 1.72. The summed E-state index contributed by atoms with van der Waals surface area (Å²) in [7, 11) is 0. The molecule has 0 bridgehead atoms. The number of non-ortho nitro benzene ring substituents is 1. The number of nitro groups is 1. The van der Waals surface area contributed by atoms with Crippen LogP contribution in [-0.2, 0) is 0 Å². The standard InChI is InChI=1S/C13H14N2O3S/c1-9(7-16)8-19-13-3-2-12(15(17)18)11-6-14-5-4-10(11)13/h2-6,9,16H,7-8H2,1H3. The zero-order valence-electron chi connectivity index (χ0n) is 10.4. The third kappa shape index (κ3) is 3.02. The molecule has 2 rings (SSSR count). The largest absolute Gasteiger partial charge is 0.396 e. The van der Waals surface area contributed by atoms with E-state index in [1.54, 1.807) is 30.1 Å².